The number of nitrogens with one attached hydrogen (secondary N) is 1. The van der Waals surface area contributed by atoms with E-state index in [1.807, 2.05) is 0 Å². The highest BCUT2D eigenvalue weighted by Gasteiger charge is 2.36. The molecular weight excluding hydrogens is 284 g/mol. The lowest BCUT2D eigenvalue weighted by atomic mass is 9.97. The molecule has 1 aliphatic carbocycles. The number of hydrogen-bond donors (Lipinski definition) is 2. The molecule has 2 rings (SSSR count). The summed E-state index contributed by atoms with van der Waals surface area (Å²) in [5.41, 5.74) is 3.07. The van der Waals surface area contributed by atoms with E-state index in [9.17, 15) is 23.7 Å². The van der Waals surface area contributed by atoms with Crippen LogP contribution in [0, 0.1) is 21.7 Å². The molecule has 0 saturated heterocycles. The standard InChI is InChI=1S/C13H15F2N3O3/c14-8-3-4-9(18(20)21)11(15)10(8)12(19)17-13(7-16)5-1-2-6-13/h3-4H,1-2,5-7,16H2,(H,17,19). The SMILES string of the molecule is NCC1(NC(=O)c2c(F)ccc([N+](=O)[O-])c2F)CCCC1. The molecule has 1 aromatic rings. The molecule has 1 amide bonds. The second kappa shape index (κ2) is 5.72. The van der Waals surface area contributed by atoms with E-state index in [0.717, 1.165) is 12.8 Å². The number of nitro benzene ring substituents is 1. The molecule has 8 heteroatoms. The van der Waals surface area contributed by atoms with Crippen molar-refractivity contribution in [3.8, 4) is 0 Å². The largest absolute Gasteiger partial charge is 0.345 e. The van der Waals surface area contributed by atoms with E-state index >= 15 is 0 Å². The molecule has 21 heavy (non-hydrogen) atoms. The van der Waals surface area contributed by atoms with E-state index in [-0.39, 0.29) is 6.54 Å². The Morgan fingerprint density at radius 3 is 2.52 bits per heavy atom. The number of nitro groups is 1. The van der Waals surface area contributed by atoms with Gasteiger partial charge in [0, 0.05) is 12.6 Å². The van der Waals surface area contributed by atoms with Gasteiger partial charge < -0.3 is 11.1 Å². The molecule has 1 aliphatic rings. The fourth-order valence-electron chi connectivity index (χ4n) is 2.63. The molecule has 0 unspecified atom stereocenters. The molecule has 6 nitrogen and oxygen atoms in total. The fourth-order valence-corrected chi connectivity index (χ4v) is 2.63. The van der Waals surface area contributed by atoms with Gasteiger partial charge >= 0.3 is 5.69 Å². The third-order valence-corrected chi connectivity index (χ3v) is 3.82. The van der Waals surface area contributed by atoms with Crippen molar-refractivity contribution in [2.24, 2.45) is 5.73 Å². The van der Waals surface area contributed by atoms with E-state index in [4.69, 9.17) is 5.73 Å². The molecule has 0 heterocycles. The fraction of sp³-hybridized carbons (Fsp3) is 0.462. The average molecular weight is 299 g/mol. The van der Waals surface area contributed by atoms with Gasteiger partial charge in [-0.15, -0.1) is 0 Å². The van der Waals surface area contributed by atoms with Crippen molar-refractivity contribution >= 4 is 11.6 Å². The highest BCUT2D eigenvalue weighted by atomic mass is 19.1. The minimum atomic E-state index is -1.47. The second-order valence-corrected chi connectivity index (χ2v) is 5.16. The zero-order chi connectivity index (χ0) is 15.6. The van der Waals surface area contributed by atoms with Crippen molar-refractivity contribution in [2.75, 3.05) is 6.54 Å². The van der Waals surface area contributed by atoms with Gasteiger partial charge in [0.2, 0.25) is 5.82 Å². The topological polar surface area (TPSA) is 98.3 Å². The smallest absolute Gasteiger partial charge is 0.305 e. The lowest BCUT2D eigenvalue weighted by Gasteiger charge is -2.28. The predicted octanol–water partition coefficient (Wildman–Crippen LogP) is 1.87. The molecule has 114 valence electrons. The van der Waals surface area contributed by atoms with E-state index in [0.29, 0.717) is 25.0 Å². The van der Waals surface area contributed by atoms with Crippen LogP contribution < -0.4 is 11.1 Å². The van der Waals surface area contributed by atoms with E-state index in [1.54, 1.807) is 0 Å². The molecule has 0 bridgehead atoms. The summed E-state index contributed by atoms with van der Waals surface area (Å²) in [5.74, 6) is -3.62. The number of nitrogens with zero attached hydrogens (tertiary/aromatic N) is 1. The number of halogens is 2. The van der Waals surface area contributed by atoms with Gasteiger partial charge in [-0.05, 0) is 18.9 Å². The Morgan fingerprint density at radius 2 is 2.00 bits per heavy atom. The predicted molar refractivity (Wildman–Crippen MR) is 70.7 cm³/mol. The Labute approximate surface area is 119 Å². The van der Waals surface area contributed by atoms with Crippen molar-refractivity contribution in [1.29, 1.82) is 0 Å². The molecule has 1 saturated carbocycles. The Morgan fingerprint density at radius 1 is 1.38 bits per heavy atom. The van der Waals surface area contributed by atoms with Crippen LogP contribution in [0.25, 0.3) is 0 Å². The maximum Gasteiger partial charge on any atom is 0.305 e. The summed E-state index contributed by atoms with van der Waals surface area (Å²) in [6, 6.07) is 1.40. The minimum Gasteiger partial charge on any atom is -0.345 e. The van der Waals surface area contributed by atoms with E-state index < -0.39 is 39.3 Å². The number of benzene rings is 1. The van der Waals surface area contributed by atoms with Gasteiger partial charge in [0.05, 0.1) is 10.5 Å². The summed E-state index contributed by atoms with van der Waals surface area (Å²) in [4.78, 5) is 21.8. The monoisotopic (exact) mass is 299 g/mol. The molecule has 0 radical (unpaired) electrons. The van der Waals surface area contributed by atoms with Gasteiger partial charge in [-0.1, -0.05) is 12.8 Å². The van der Waals surface area contributed by atoms with Gasteiger partial charge in [-0.2, -0.15) is 4.39 Å². The summed E-state index contributed by atoms with van der Waals surface area (Å²) >= 11 is 0. The number of amides is 1. The molecule has 0 atom stereocenters. The van der Waals surface area contributed by atoms with Gasteiger partial charge in [0.25, 0.3) is 5.91 Å². The Balaban J connectivity index is 2.35. The van der Waals surface area contributed by atoms with E-state index in [1.165, 1.54) is 0 Å². The minimum absolute atomic E-state index is 0.150. The van der Waals surface area contributed by atoms with Crippen LogP contribution in [0.2, 0.25) is 0 Å². The van der Waals surface area contributed by atoms with Gasteiger partial charge in [0.1, 0.15) is 11.4 Å². The number of carbonyl (C=O) groups is 1. The Hall–Kier alpha value is -2.09. The summed E-state index contributed by atoms with van der Waals surface area (Å²) < 4.78 is 27.7. The zero-order valence-corrected chi connectivity index (χ0v) is 11.2. The maximum atomic E-state index is 14.0. The van der Waals surface area contributed by atoms with Crippen molar-refractivity contribution in [3.63, 3.8) is 0 Å². The number of nitrogens with two attached hydrogens (primary N) is 1. The molecule has 3 N–H and O–H groups in total. The first-order valence-corrected chi connectivity index (χ1v) is 6.55. The van der Waals surface area contributed by atoms with Crippen LogP contribution in [-0.2, 0) is 0 Å². The van der Waals surface area contributed by atoms with Crippen molar-refractivity contribution in [3.05, 3.63) is 39.4 Å². The van der Waals surface area contributed by atoms with Crippen LogP contribution in [0.15, 0.2) is 12.1 Å². The highest BCUT2D eigenvalue weighted by molar-refractivity contribution is 5.96. The summed E-state index contributed by atoms with van der Waals surface area (Å²) in [5, 5.41) is 13.2. The Bertz CT molecular complexity index is 586. The van der Waals surface area contributed by atoms with Crippen molar-refractivity contribution in [2.45, 2.75) is 31.2 Å². The first-order chi connectivity index (χ1) is 9.90. The van der Waals surface area contributed by atoms with Crippen LogP contribution in [0.1, 0.15) is 36.0 Å². The Kier molecular flexibility index (Phi) is 4.17. The van der Waals surface area contributed by atoms with Crippen LogP contribution in [0.5, 0.6) is 0 Å². The normalized spacial score (nSPS) is 16.7. The lowest BCUT2D eigenvalue weighted by Crippen LogP contribution is -2.52. The summed E-state index contributed by atoms with van der Waals surface area (Å²) in [6.45, 7) is 0.150. The first kappa shape index (κ1) is 15.3. The number of carbonyl (C=O) groups excluding carboxylic acids is 1. The average Bonchev–Trinajstić information content (AvgIpc) is 2.87. The third kappa shape index (κ3) is 2.85. The first-order valence-electron chi connectivity index (χ1n) is 6.55. The molecule has 1 fully saturated rings. The molecule has 0 aromatic heterocycles. The molecule has 0 spiro atoms. The molecular formula is C13H15F2N3O3. The molecule has 0 aliphatic heterocycles. The van der Waals surface area contributed by atoms with Crippen molar-refractivity contribution in [1.82, 2.24) is 5.32 Å². The van der Waals surface area contributed by atoms with Crippen LogP contribution in [0.4, 0.5) is 14.5 Å². The van der Waals surface area contributed by atoms with Crippen molar-refractivity contribution < 1.29 is 18.5 Å². The van der Waals surface area contributed by atoms with Gasteiger partial charge in [0.15, 0.2) is 0 Å². The number of hydrogen-bond acceptors (Lipinski definition) is 4. The van der Waals surface area contributed by atoms with Crippen LogP contribution in [0.3, 0.4) is 0 Å². The van der Waals surface area contributed by atoms with Gasteiger partial charge in [-0.3, -0.25) is 14.9 Å². The van der Waals surface area contributed by atoms with E-state index in [2.05, 4.69) is 5.32 Å². The number of rotatable bonds is 4. The summed E-state index contributed by atoms with van der Waals surface area (Å²) in [6.07, 6.45) is 2.95. The summed E-state index contributed by atoms with van der Waals surface area (Å²) in [7, 11) is 0. The maximum absolute atomic E-state index is 14.0. The highest BCUT2D eigenvalue weighted by Crippen LogP contribution is 2.30. The zero-order valence-electron chi connectivity index (χ0n) is 11.2. The van der Waals surface area contributed by atoms with Crippen LogP contribution >= 0.6 is 0 Å². The van der Waals surface area contributed by atoms with Crippen LogP contribution in [-0.4, -0.2) is 22.9 Å². The third-order valence-electron chi connectivity index (χ3n) is 3.82. The quantitative estimate of drug-likeness (QED) is 0.655. The lowest BCUT2D eigenvalue weighted by molar-refractivity contribution is -0.387. The molecule has 1 aromatic carbocycles. The van der Waals surface area contributed by atoms with Gasteiger partial charge in [-0.25, -0.2) is 4.39 Å². The second-order valence-electron chi connectivity index (χ2n) is 5.16.